The maximum Gasteiger partial charge on any atom is 0.0940 e. The van der Waals surface area contributed by atoms with Crippen molar-refractivity contribution < 1.29 is 0 Å². The molecule has 0 aromatic carbocycles. The molecule has 0 aliphatic heterocycles. The Morgan fingerprint density at radius 2 is 2.23 bits per heavy atom. The fourth-order valence-corrected chi connectivity index (χ4v) is 3.07. The quantitative estimate of drug-likeness (QED) is 0.805. The Morgan fingerprint density at radius 3 is 2.92 bits per heavy atom. The number of nitrogens with two attached hydrogens (primary N) is 1. The zero-order chi connectivity index (χ0) is 9.10. The normalized spacial score (nSPS) is 18.2. The molecule has 1 saturated carbocycles. The summed E-state index contributed by atoms with van der Waals surface area (Å²) in [5.41, 5.74) is 5.49. The minimum atomic E-state index is 0.720. The predicted octanol–water partition coefficient (Wildman–Crippen LogP) is 2.30. The topological polar surface area (TPSA) is 38.9 Å². The SMILES string of the molecule is NCCc1ncc(C2CCCC2)s1. The first-order valence-corrected chi connectivity index (χ1v) is 5.86. The highest BCUT2D eigenvalue weighted by molar-refractivity contribution is 7.11. The summed E-state index contributed by atoms with van der Waals surface area (Å²) in [5.74, 6) is 0.809. The first-order valence-electron chi connectivity index (χ1n) is 5.05. The molecule has 72 valence electrons. The van der Waals surface area contributed by atoms with Gasteiger partial charge >= 0.3 is 0 Å². The molecule has 1 heterocycles. The summed E-state index contributed by atoms with van der Waals surface area (Å²) in [7, 11) is 0. The second-order valence-corrected chi connectivity index (χ2v) is 4.82. The molecule has 2 N–H and O–H groups in total. The summed E-state index contributed by atoms with van der Waals surface area (Å²) in [4.78, 5) is 5.88. The Morgan fingerprint density at radius 1 is 1.46 bits per heavy atom. The molecule has 0 radical (unpaired) electrons. The Balaban J connectivity index is 2.03. The summed E-state index contributed by atoms with van der Waals surface area (Å²) in [6, 6.07) is 0. The van der Waals surface area contributed by atoms with Crippen molar-refractivity contribution in [3.05, 3.63) is 16.1 Å². The molecule has 1 aliphatic rings. The van der Waals surface area contributed by atoms with Crippen LogP contribution in [0.5, 0.6) is 0 Å². The molecule has 0 atom stereocenters. The van der Waals surface area contributed by atoms with E-state index in [2.05, 4.69) is 11.2 Å². The van der Waals surface area contributed by atoms with E-state index in [1.165, 1.54) is 35.6 Å². The van der Waals surface area contributed by atoms with E-state index in [1.54, 1.807) is 0 Å². The van der Waals surface area contributed by atoms with E-state index in [1.807, 2.05) is 11.3 Å². The van der Waals surface area contributed by atoms with Crippen LogP contribution in [0, 0.1) is 0 Å². The number of nitrogens with zero attached hydrogens (tertiary/aromatic N) is 1. The molecule has 2 nitrogen and oxygen atoms in total. The summed E-state index contributed by atoms with van der Waals surface area (Å²) in [6.07, 6.45) is 8.53. The van der Waals surface area contributed by atoms with E-state index < -0.39 is 0 Å². The third-order valence-electron chi connectivity index (χ3n) is 2.69. The van der Waals surface area contributed by atoms with Crippen LogP contribution in [0.2, 0.25) is 0 Å². The standard InChI is InChI=1S/C10H16N2S/c11-6-5-10-12-7-9(13-10)8-3-1-2-4-8/h7-8H,1-6,11H2. The highest BCUT2D eigenvalue weighted by Gasteiger charge is 2.18. The van der Waals surface area contributed by atoms with Crippen molar-refractivity contribution in [3.8, 4) is 0 Å². The zero-order valence-electron chi connectivity index (χ0n) is 7.83. The van der Waals surface area contributed by atoms with Crippen LogP contribution in [0.4, 0.5) is 0 Å². The first-order chi connectivity index (χ1) is 6.40. The van der Waals surface area contributed by atoms with Gasteiger partial charge in [0.05, 0.1) is 5.01 Å². The van der Waals surface area contributed by atoms with Crippen LogP contribution in [0.25, 0.3) is 0 Å². The van der Waals surface area contributed by atoms with E-state index in [0.717, 1.165) is 18.9 Å². The van der Waals surface area contributed by atoms with Gasteiger partial charge in [0.15, 0.2) is 0 Å². The molecule has 0 amide bonds. The van der Waals surface area contributed by atoms with Gasteiger partial charge < -0.3 is 5.73 Å². The lowest BCUT2D eigenvalue weighted by atomic mass is 10.1. The summed E-state index contributed by atoms with van der Waals surface area (Å²) in [6.45, 7) is 0.720. The molecule has 0 spiro atoms. The van der Waals surface area contributed by atoms with Gasteiger partial charge in [-0.25, -0.2) is 4.98 Å². The smallest absolute Gasteiger partial charge is 0.0940 e. The van der Waals surface area contributed by atoms with Crippen LogP contribution < -0.4 is 5.73 Å². The third kappa shape index (κ3) is 2.09. The Labute approximate surface area is 83.2 Å². The van der Waals surface area contributed by atoms with Gasteiger partial charge in [-0.05, 0) is 25.3 Å². The van der Waals surface area contributed by atoms with Gasteiger partial charge in [-0.2, -0.15) is 0 Å². The second-order valence-electron chi connectivity index (χ2n) is 3.68. The molecule has 1 aliphatic carbocycles. The second kappa shape index (κ2) is 4.20. The van der Waals surface area contributed by atoms with E-state index in [-0.39, 0.29) is 0 Å². The van der Waals surface area contributed by atoms with E-state index in [9.17, 15) is 0 Å². The summed E-state index contributed by atoms with van der Waals surface area (Å²) in [5, 5.41) is 1.21. The molecular formula is C10H16N2S. The van der Waals surface area contributed by atoms with Crippen molar-refractivity contribution in [2.45, 2.75) is 38.0 Å². The minimum absolute atomic E-state index is 0.720. The van der Waals surface area contributed by atoms with Crippen molar-refractivity contribution in [1.82, 2.24) is 4.98 Å². The van der Waals surface area contributed by atoms with Crippen LogP contribution in [0.3, 0.4) is 0 Å². The van der Waals surface area contributed by atoms with E-state index in [0.29, 0.717) is 0 Å². The minimum Gasteiger partial charge on any atom is -0.330 e. The number of aromatic nitrogens is 1. The number of rotatable bonds is 3. The summed E-state index contributed by atoms with van der Waals surface area (Å²) >= 11 is 1.86. The fraction of sp³-hybridized carbons (Fsp3) is 0.700. The average molecular weight is 196 g/mol. The lowest BCUT2D eigenvalue weighted by molar-refractivity contribution is 0.736. The molecule has 0 bridgehead atoms. The third-order valence-corrected chi connectivity index (χ3v) is 3.91. The van der Waals surface area contributed by atoms with Crippen LogP contribution in [-0.2, 0) is 6.42 Å². The number of hydrogen-bond acceptors (Lipinski definition) is 3. The molecule has 1 aromatic rings. The molecule has 1 fully saturated rings. The van der Waals surface area contributed by atoms with Crippen molar-refractivity contribution in [2.75, 3.05) is 6.54 Å². The van der Waals surface area contributed by atoms with Crippen molar-refractivity contribution in [1.29, 1.82) is 0 Å². The number of thiazole rings is 1. The van der Waals surface area contributed by atoms with Gasteiger partial charge in [0.25, 0.3) is 0 Å². The largest absolute Gasteiger partial charge is 0.330 e. The summed E-state index contributed by atoms with van der Waals surface area (Å²) < 4.78 is 0. The lowest BCUT2D eigenvalue weighted by Gasteiger charge is -2.02. The van der Waals surface area contributed by atoms with Crippen LogP contribution >= 0.6 is 11.3 Å². The number of hydrogen-bond donors (Lipinski definition) is 1. The van der Waals surface area contributed by atoms with E-state index in [4.69, 9.17) is 5.73 Å². The molecule has 13 heavy (non-hydrogen) atoms. The molecule has 1 aromatic heterocycles. The maximum atomic E-state index is 5.49. The van der Waals surface area contributed by atoms with Crippen molar-refractivity contribution in [3.63, 3.8) is 0 Å². The molecule has 3 heteroatoms. The van der Waals surface area contributed by atoms with Crippen LogP contribution in [-0.4, -0.2) is 11.5 Å². The Hall–Kier alpha value is -0.410. The van der Waals surface area contributed by atoms with Gasteiger partial charge in [0, 0.05) is 17.5 Å². The molecule has 2 rings (SSSR count). The lowest BCUT2D eigenvalue weighted by Crippen LogP contribution is -2.01. The van der Waals surface area contributed by atoms with Crippen molar-refractivity contribution >= 4 is 11.3 Å². The van der Waals surface area contributed by atoms with E-state index >= 15 is 0 Å². The van der Waals surface area contributed by atoms with Crippen LogP contribution in [0.1, 0.15) is 41.5 Å². The molecule has 0 unspecified atom stereocenters. The monoisotopic (exact) mass is 196 g/mol. The van der Waals surface area contributed by atoms with Gasteiger partial charge in [0.2, 0.25) is 0 Å². The van der Waals surface area contributed by atoms with Crippen molar-refractivity contribution in [2.24, 2.45) is 5.73 Å². The van der Waals surface area contributed by atoms with Crippen LogP contribution in [0.15, 0.2) is 6.20 Å². The molecule has 0 saturated heterocycles. The highest BCUT2D eigenvalue weighted by Crippen LogP contribution is 2.36. The zero-order valence-corrected chi connectivity index (χ0v) is 8.65. The fourth-order valence-electron chi connectivity index (χ4n) is 1.96. The maximum absolute atomic E-state index is 5.49. The van der Waals surface area contributed by atoms with Gasteiger partial charge in [-0.3, -0.25) is 0 Å². The average Bonchev–Trinajstić information content (AvgIpc) is 2.70. The first kappa shape index (κ1) is 9.16. The Bertz CT molecular complexity index is 264. The predicted molar refractivity (Wildman–Crippen MR) is 56.1 cm³/mol. The van der Waals surface area contributed by atoms with Gasteiger partial charge in [-0.1, -0.05) is 12.8 Å². The molecular weight excluding hydrogens is 180 g/mol. The van der Waals surface area contributed by atoms with Gasteiger partial charge in [-0.15, -0.1) is 11.3 Å². The van der Waals surface area contributed by atoms with Gasteiger partial charge in [0.1, 0.15) is 0 Å². The highest BCUT2D eigenvalue weighted by atomic mass is 32.1. The Kier molecular flexibility index (Phi) is 2.96.